The maximum absolute atomic E-state index is 8.86. The number of aliphatic hydroxyl groups excluding tert-OH is 1. The molecule has 2 rings (SSSR count). The first-order valence-corrected chi connectivity index (χ1v) is 5.95. The number of thiophene rings is 1. The van der Waals surface area contributed by atoms with Crippen LogP contribution in [0.4, 0.5) is 5.82 Å². The highest BCUT2D eigenvalue weighted by molar-refractivity contribution is 7.15. The molecule has 3 N–H and O–H groups in total. The zero-order chi connectivity index (χ0) is 11.7. The van der Waals surface area contributed by atoms with Crippen LogP contribution in [-0.4, -0.2) is 21.5 Å². The Morgan fingerprint density at radius 1 is 1.44 bits per heavy atom. The van der Waals surface area contributed by atoms with Crippen molar-refractivity contribution in [3.05, 3.63) is 22.6 Å². The predicted octanol–water partition coefficient (Wildman–Crippen LogP) is 1.80. The fraction of sp³-hybridized carbons (Fsp3) is 0.364. The third-order valence-corrected chi connectivity index (χ3v) is 3.72. The van der Waals surface area contributed by atoms with Crippen LogP contribution >= 0.6 is 11.3 Å². The summed E-state index contributed by atoms with van der Waals surface area (Å²) < 4.78 is 1.62. The molecule has 0 aliphatic carbocycles. The average Bonchev–Trinajstić information content (AvgIpc) is 2.74. The number of hydrogen-bond acceptors (Lipinski definition) is 4. The summed E-state index contributed by atoms with van der Waals surface area (Å²) in [6.07, 6.45) is 0. The Labute approximate surface area is 98.3 Å². The van der Waals surface area contributed by atoms with Gasteiger partial charge in [0.15, 0.2) is 0 Å². The van der Waals surface area contributed by atoms with Gasteiger partial charge in [0.2, 0.25) is 0 Å². The first-order valence-electron chi connectivity index (χ1n) is 5.13. The molecule has 0 unspecified atom stereocenters. The molecule has 0 spiro atoms. The topological polar surface area (TPSA) is 64.1 Å². The van der Waals surface area contributed by atoms with E-state index >= 15 is 0 Å². The molecule has 0 saturated carbocycles. The van der Waals surface area contributed by atoms with Gasteiger partial charge < -0.3 is 10.8 Å². The van der Waals surface area contributed by atoms with Gasteiger partial charge >= 0.3 is 0 Å². The van der Waals surface area contributed by atoms with E-state index in [1.807, 2.05) is 6.07 Å². The molecule has 0 bridgehead atoms. The summed E-state index contributed by atoms with van der Waals surface area (Å²) in [7, 11) is 0. The molecule has 0 fully saturated rings. The summed E-state index contributed by atoms with van der Waals surface area (Å²) >= 11 is 1.71. The van der Waals surface area contributed by atoms with Crippen LogP contribution in [-0.2, 0) is 6.54 Å². The smallest absolute Gasteiger partial charge is 0.122 e. The SMILES string of the molecule is Cc1cc(-c2cc(N)n(CCO)n2)sc1C. The van der Waals surface area contributed by atoms with Crippen molar-refractivity contribution in [3.63, 3.8) is 0 Å². The number of nitrogens with zero attached hydrogens (tertiary/aromatic N) is 2. The van der Waals surface area contributed by atoms with Gasteiger partial charge in [0.1, 0.15) is 11.5 Å². The van der Waals surface area contributed by atoms with Crippen LogP contribution < -0.4 is 5.73 Å². The van der Waals surface area contributed by atoms with Crippen molar-refractivity contribution in [2.75, 3.05) is 12.3 Å². The van der Waals surface area contributed by atoms with E-state index in [-0.39, 0.29) is 6.61 Å². The van der Waals surface area contributed by atoms with Crippen LogP contribution in [0.2, 0.25) is 0 Å². The zero-order valence-electron chi connectivity index (χ0n) is 9.40. The summed E-state index contributed by atoms with van der Waals surface area (Å²) in [5, 5.41) is 13.2. The van der Waals surface area contributed by atoms with Gasteiger partial charge in [-0.3, -0.25) is 0 Å². The van der Waals surface area contributed by atoms with Gasteiger partial charge in [-0.05, 0) is 25.5 Å². The van der Waals surface area contributed by atoms with Crippen LogP contribution in [0.1, 0.15) is 10.4 Å². The maximum atomic E-state index is 8.86. The fourth-order valence-electron chi connectivity index (χ4n) is 1.52. The zero-order valence-corrected chi connectivity index (χ0v) is 10.2. The summed E-state index contributed by atoms with van der Waals surface area (Å²) in [6, 6.07) is 3.96. The van der Waals surface area contributed by atoms with Crippen molar-refractivity contribution in [1.82, 2.24) is 9.78 Å². The normalized spacial score (nSPS) is 10.9. The van der Waals surface area contributed by atoms with Gasteiger partial charge in [-0.1, -0.05) is 0 Å². The van der Waals surface area contributed by atoms with Gasteiger partial charge in [0.05, 0.1) is 18.0 Å². The Kier molecular flexibility index (Phi) is 2.98. The van der Waals surface area contributed by atoms with Crippen LogP contribution in [0.5, 0.6) is 0 Å². The minimum Gasteiger partial charge on any atom is -0.394 e. The molecule has 2 aromatic heterocycles. The van der Waals surface area contributed by atoms with Crippen molar-refractivity contribution in [2.24, 2.45) is 0 Å². The summed E-state index contributed by atoms with van der Waals surface area (Å²) in [6.45, 7) is 4.67. The lowest BCUT2D eigenvalue weighted by Crippen LogP contribution is -2.07. The van der Waals surface area contributed by atoms with Crippen LogP contribution in [0, 0.1) is 13.8 Å². The van der Waals surface area contributed by atoms with Gasteiger partial charge in [-0.25, -0.2) is 4.68 Å². The van der Waals surface area contributed by atoms with Crippen LogP contribution in [0.15, 0.2) is 12.1 Å². The second-order valence-electron chi connectivity index (χ2n) is 3.75. The largest absolute Gasteiger partial charge is 0.394 e. The maximum Gasteiger partial charge on any atom is 0.122 e. The molecule has 2 aromatic rings. The molecule has 0 atom stereocenters. The number of anilines is 1. The monoisotopic (exact) mass is 237 g/mol. The van der Waals surface area contributed by atoms with Crippen LogP contribution in [0.25, 0.3) is 10.6 Å². The molecule has 2 heterocycles. The third-order valence-electron chi connectivity index (χ3n) is 2.54. The highest BCUT2D eigenvalue weighted by atomic mass is 32.1. The van der Waals surface area contributed by atoms with E-state index in [2.05, 4.69) is 25.0 Å². The van der Waals surface area contributed by atoms with Crippen molar-refractivity contribution >= 4 is 17.2 Å². The Balaban J connectivity index is 2.37. The molecular formula is C11H15N3OS. The summed E-state index contributed by atoms with van der Waals surface area (Å²) in [4.78, 5) is 2.42. The number of aromatic nitrogens is 2. The van der Waals surface area contributed by atoms with Crippen molar-refractivity contribution in [3.8, 4) is 10.6 Å². The Morgan fingerprint density at radius 2 is 2.19 bits per heavy atom. The third kappa shape index (κ3) is 1.96. The number of aryl methyl sites for hydroxylation is 2. The second-order valence-corrected chi connectivity index (χ2v) is 5.01. The lowest BCUT2D eigenvalue weighted by Gasteiger charge is -1.98. The first-order chi connectivity index (χ1) is 7.61. The summed E-state index contributed by atoms with van der Waals surface area (Å²) in [5.41, 5.74) is 7.96. The Hall–Kier alpha value is -1.33. The van der Waals surface area contributed by atoms with E-state index in [9.17, 15) is 0 Å². The molecule has 0 saturated heterocycles. The minimum absolute atomic E-state index is 0.0494. The standard InChI is InChI=1S/C11H15N3OS/c1-7-5-10(16-8(7)2)9-6-11(12)14(13-9)3-4-15/h5-6,15H,3-4,12H2,1-2H3. The number of aliphatic hydroxyl groups is 1. The fourth-order valence-corrected chi connectivity index (χ4v) is 2.51. The number of nitrogen functional groups attached to an aromatic ring is 1. The van der Waals surface area contributed by atoms with E-state index in [1.165, 1.54) is 10.4 Å². The molecular weight excluding hydrogens is 222 g/mol. The first kappa shape index (κ1) is 11.2. The van der Waals surface area contributed by atoms with E-state index in [1.54, 1.807) is 16.0 Å². The molecule has 4 nitrogen and oxygen atoms in total. The van der Waals surface area contributed by atoms with Crippen molar-refractivity contribution < 1.29 is 5.11 Å². The molecule has 16 heavy (non-hydrogen) atoms. The van der Waals surface area contributed by atoms with Gasteiger partial charge in [0.25, 0.3) is 0 Å². The number of nitrogens with two attached hydrogens (primary N) is 1. The molecule has 0 aliphatic rings. The lowest BCUT2D eigenvalue weighted by atomic mass is 10.2. The predicted molar refractivity (Wildman–Crippen MR) is 66.5 cm³/mol. The average molecular weight is 237 g/mol. The van der Waals surface area contributed by atoms with Crippen molar-refractivity contribution in [1.29, 1.82) is 0 Å². The second kappa shape index (κ2) is 4.27. The molecule has 0 radical (unpaired) electrons. The number of rotatable bonds is 3. The van der Waals surface area contributed by atoms with Gasteiger partial charge in [-0.2, -0.15) is 5.10 Å². The van der Waals surface area contributed by atoms with E-state index < -0.39 is 0 Å². The van der Waals surface area contributed by atoms with E-state index in [0.717, 1.165) is 10.6 Å². The molecule has 5 heteroatoms. The lowest BCUT2D eigenvalue weighted by molar-refractivity contribution is 0.270. The molecule has 0 aromatic carbocycles. The molecule has 0 amide bonds. The molecule has 0 aliphatic heterocycles. The quantitative estimate of drug-likeness (QED) is 0.855. The van der Waals surface area contributed by atoms with Crippen molar-refractivity contribution in [2.45, 2.75) is 20.4 Å². The van der Waals surface area contributed by atoms with E-state index in [4.69, 9.17) is 10.8 Å². The van der Waals surface area contributed by atoms with E-state index in [0.29, 0.717) is 12.4 Å². The minimum atomic E-state index is 0.0494. The molecule has 86 valence electrons. The summed E-state index contributed by atoms with van der Waals surface area (Å²) in [5.74, 6) is 0.591. The highest BCUT2D eigenvalue weighted by Crippen LogP contribution is 2.30. The van der Waals surface area contributed by atoms with Gasteiger partial charge in [-0.15, -0.1) is 11.3 Å². The highest BCUT2D eigenvalue weighted by Gasteiger charge is 2.10. The van der Waals surface area contributed by atoms with Gasteiger partial charge in [0, 0.05) is 10.9 Å². The van der Waals surface area contributed by atoms with Crippen LogP contribution in [0.3, 0.4) is 0 Å². The Morgan fingerprint density at radius 3 is 2.75 bits per heavy atom. The number of hydrogen-bond donors (Lipinski definition) is 2. The Bertz CT molecular complexity index is 482.